The average Bonchev–Trinajstić information content (AvgIpc) is 2.65. The number of aryl methyl sites for hydroxylation is 1. The summed E-state index contributed by atoms with van der Waals surface area (Å²) in [4.78, 5) is 12.5. The zero-order valence-corrected chi connectivity index (χ0v) is 17.6. The summed E-state index contributed by atoms with van der Waals surface area (Å²) in [5, 5.41) is 2.91. The van der Waals surface area contributed by atoms with E-state index in [0.29, 0.717) is 25.9 Å². The molecule has 27 heavy (non-hydrogen) atoms. The summed E-state index contributed by atoms with van der Waals surface area (Å²) in [7, 11) is -3.38. The maximum absolute atomic E-state index is 12.7. The summed E-state index contributed by atoms with van der Waals surface area (Å²) < 4.78 is 27.9. The molecule has 0 bridgehead atoms. The van der Waals surface area contributed by atoms with Crippen molar-refractivity contribution in [2.24, 2.45) is 5.92 Å². The predicted molar refractivity (Wildman–Crippen MR) is 111 cm³/mol. The van der Waals surface area contributed by atoms with E-state index in [0.717, 1.165) is 21.3 Å². The van der Waals surface area contributed by atoms with Crippen LogP contribution in [0.1, 0.15) is 24.0 Å². The number of carbonyl (C=O) groups excluding carboxylic acids is 1. The van der Waals surface area contributed by atoms with E-state index in [9.17, 15) is 13.2 Å². The largest absolute Gasteiger partial charge is 0.326 e. The minimum Gasteiger partial charge on any atom is -0.326 e. The topological polar surface area (TPSA) is 66.5 Å². The molecule has 0 unspecified atom stereocenters. The van der Waals surface area contributed by atoms with Crippen LogP contribution in [0, 0.1) is 12.8 Å². The predicted octanol–water partition coefficient (Wildman–Crippen LogP) is 3.94. The Morgan fingerprint density at radius 1 is 1.11 bits per heavy atom. The van der Waals surface area contributed by atoms with Crippen molar-refractivity contribution in [3.05, 3.63) is 64.1 Å². The maximum Gasteiger partial charge on any atom is 0.227 e. The molecule has 1 N–H and O–H groups in total. The van der Waals surface area contributed by atoms with Crippen LogP contribution in [0.3, 0.4) is 0 Å². The Balaban J connectivity index is 1.57. The third-order valence-corrected chi connectivity index (χ3v) is 7.29. The quantitative estimate of drug-likeness (QED) is 0.749. The smallest absolute Gasteiger partial charge is 0.227 e. The number of carbonyl (C=O) groups is 1. The highest BCUT2D eigenvalue weighted by atomic mass is 79.9. The van der Waals surface area contributed by atoms with Crippen LogP contribution >= 0.6 is 15.9 Å². The van der Waals surface area contributed by atoms with E-state index >= 15 is 0 Å². The van der Waals surface area contributed by atoms with Gasteiger partial charge >= 0.3 is 0 Å². The molecule has 0 aliphatic carbocycles. The van der Waals surface area contributed by atoms with Crippen LogP contribution < -0.4 is 5.32 Å². The van der Waals surface area contributed by atoms with Gasteiger partial charge in [0.15, 0.2) is 0 Å². The normalized spacial score (nSPS) is 16.2. The molecule has 2 aromatic carbocycles. The van der Waals surface area contributed by atoms with Crippen molar-refractivity contribution in [2.75, 3.05) is 18.4 Å². The van der Waals surface area contributed by atoms with Crippen LogP contribution in [-0.4, -0.2) is 31.7 Å². The van der Waals surface area contributed by atoms with E-state index in [1.54, 1.807) is 0 Å². The Hall–Kier alpha value is -1.70. The number of nitrogens with zero attached hydrogens (tertiary/aromatic N) is 1. The summed E-state index contributed by atoms with van der Waals surface area (Å²) >= 11 is 3.37. The Morgan fingerprint density at radius 2 is 1.74 bits per heavy atom. The average molecular weight is 451 g/mol. The van der Waals surface area contributed by atoms with E-state index in [2.05, 4.69) is 21.2 Å². The number of piperidine rings is 1. The van der Waals surface area contributed by atoms with Crippen molar-refractivity contribution >= 4 is 37.5 Å². The van der Waals surface area contributed by atoms with Crippen molar-refractivity contribution in [1.82, 2.24) is 4.31 Å². The van der Waals surface area contributed by atoms with E-state index in [-0.39, 0.29) is 17.6 Å². The van der Waals surface area contributed by atoms with Crippen LogP contribution in [0.15, 0.2) is 53.0 Å². The zero-order valence-electron chi connectivity index (χ0n) is 15.2. The standard InChI is InChI=1S/C20H23BrN2O3S/c1-15-4-2-3-5-17(15)14-27(25,26)23-12-10-16(11-13-23)20(24)22-19-8-6-18(21)7-9-19/h2-9,16H,10-14H2,1H3,(H,22,24). The first-order chi connectivity index (χ1) is 12.8. The van der Waals surface area contributed by atoms with Crippen LogP contribution in [0.25, 0.3) is 0 Å². The van der Waals surface area contributed by atoms with Gasteiger partial charge in [0.1, 0.15) is 0 Å². The molecule has 0 radical (unpaired) electrons. The first kappa shape index (κ1) is 20.0. The van der Waals surface area contributed by atoms with Gasteiger partial charge in [-0.2, -0.15) is 0 Å². The second kappa shape index (κ2) is 8.54. The second-order valence-electron chi connectivity index (χ2n) is 6.85. The molecule has 1 amide bonds. The molecule has 5 nitrogen and oxygen atoms in total. The molecule has 144 valence electrons. The van der Waals surface area contributed by atoms with Gasteiger partial charge in [0.2, 0.25) is 15.9 Å². The van der Waals surface area contributed by atoms with Gasteiger partial charge in [0.05, 0.1) is 5.75 Å². The summed E-state index contributed by atoms with van der Waals surface area (Å²) in [5.41, 5.74) is 2.55. The van der Waals surface area contributed by atoms with Crippen molar-refractivity contribution in [1.29, 1.82) is 0 Å². The number of benzene rings is 2. The van der Waals surface area contributed by atoms with Gasteiger partial charge in [-0.3, -0.25) is 4.79 Å². The number of nitrogens with one attached hydrogen (secondary N) is 1. The third-order valence-electron chi connectivity index (χ3n) is 4.93. The number of halogens is 1. The lowest BCUT2D eigenvalue weighted by atomic mass is 9.97. The molecule has 0 aromatic heterocycles. The van der Waals surface area contributed by atoms with Crippen LogP contribution in [0.4, 0.5) is 5.69 Å². The highest BCUT2D eigenvalue weighted by Gasteiger charge is 2.31. The molecular formula is C20H23BrN2O3S. The molecule has 1 saturated heterocycles. The lowest BCUT2D eigenvalue weighted by Gasteiger charge is -2.30. The molecule has 2 aromatic rings. The summed E-state index contributed by atoms with van der Waals surface area (Å²) in [6, 6.07) is 15.0. The van der Waals surface area contributed by atoms with Gasteiger partial charge in [-0.05, 0) is 55.2 Å². The Morgan fingerprint density at radius 3 is 2.37 bits per heavy atom. The highest BCUT2D eigenvalue weighted by Crippen LogP contribution is 2.24. The zero-order chi connectivity index (χ0) is 19.4. The first-order valence-corrected chi connectivity index (χ1v) is 11.3. The van der Waals surface area contributed by atoms with Gasteiger partial charge in [-0.25, -0.2) is 12.7 Å². The number of hydrogen-bond donors (Lipinski definition) is 1. The van der Waals surface area contributed by atoms with Crippen molar-refractivity contribution in [3.63, 3.8) is 0 Å². The molecule has 1 aliphatic rings. The molecule has 7 heteroatoms. The van der Waals surface area contributed by atoms with Gasteiger partial charge in [-0.15, -0.1) is 0 Å². The molecule has 1 heterocycles. The number of sulfonamides is 1. The fourth-order valence-electron chi connectivity index (χ4n) is 3.23. The van der Waals surface area contributed by atoms with Crippen molar-refractivity contribution in [3.8, 4) is 0 Å². The Kier molecular flexibility index (Phi) is 6.34. The van der Waals surface area contributed by atoms with E-state index in [1.165, 1.54) is 4.31 Å². The fourth-order valence-corrected chi connectivity index (χ4v) is 5.16. The summed E-state index contributed by atoms with van der Waals surface area (Å²) in [6.07, 6.45) is 1.07. The molecule has 0 spiro atoms. The number of amides is 1. The van der Waals surface area contributed by atoms with E-state index < -0.39 is 10.0 Å². The van der Waals surface area contributed by atoms with Crippen LogP contribution in [0.2, 0.25) is 0 Å². The summed E-state index contributed by atoms with van der Waals surface area (Å²) in [6.45, 7) is 2.68. The number of hydrogen-bond acceptors (Lipinski definition) is 3. The molecule has 0 atom stereocenters. The maximum atomic E-state index is 12.7. The monoisotopic (exact) mass is 450 g/mol. The van der Waals surface area contributed by atoms with Crippen LogP contribution in [0.5, 0.6) is 0 Å². The fraction of sp³-hybridized carbons (Fsp3) is 0.350. The number of anilines is 1. The molecule has 1 aliphatic heterocycles. The van der Waals surface area contributed by atoms with Gasteiger partial charge < -0.3 is 5.32 Å². The molecule has 1 fully saturated rings. The van der Waals surface area contributed by atoms with E-state index in [4.69, 9.17) is 0 Å². The third kappa shape index (κ3) is 5.18. The molecular weight excluding hydrogens is 428 g/mol. The lowest BCUT2D eigenvalue weighted by molar-refractivity contribution is -0.120. The summed E-state index contributed by atoms with van der Waals surface area (Å²) in [5.74, 6) is -0.207. The second-order valence-corrected chi connectivity index (χ2v) is 9.74. The van der Waals surface area contributed by atoms with Gasteiger partial charge in [-0.1, -0.05) is 40.2 Å². The van der Waals surface area contributed by atoms with Crippen molar-refractivity contribution < 1.29 is 13.2 Å². The lowest BCUT2D eigenvalue weighted by Crippen LogP contribution is -2.41. The Labute approximate surface area is 169 Å². The van der Waals surface area contributed by atoms with Gasteiger partial charge in [0, 0.05) is 29.2 Å². The highest BCUT2D eigenvalue weighted by molar-refractivity contribution is 9.10. The molecule has 0 saturated carbocycles. The minimum absolute atomic E-state index is 0.00935. The number of rotatable bonds is 5. The molecule has 3 rings (SSSR count). The minimum atomic E-state index is -3.38. The van der Waals surface area contributed by atoms with Gasteiger partial charge in [0.25, 0.3) is 0 Å². The van der Waals surface area contributed by atoms with Crippen molar-refractivity contribution in [2.45, 2.75) is 25.5 Å². The Bertz CT molecular complexity index is 905. The first-order valence-electron chi connectivity index (χ1n) is 8.94. The van der Waals surface area contributed by atoms with Crippen LogP contribution in [-0.2, 0) is 20.6 Å². The van der Waals surface area contributed by atoms with E-state index in [1.807, 2.05) is 55.5 Å². The SMILES string of the molecule is Cc1ccccc1CS(=O)(=O)N1CCC(C(=O)Nc2ccc(Br)cc2)CC1.